The van der Waals surface area contributed by atoms with E-state index in [1.165, 1.54) is 6.20 Å². The van der Waals surface area contributed by atoms with Crippen LogP contribution < -0.4 is 4.72 Å². The van der Waals surface area contributed by atoms with Crippen LogP contribution in [0.5, 0.6) is 0 Å². The highest BCUT2D eigenvalue weighted by Crippen LogP contribution is 2.17. The van der Waals surface area contributed by atoms with Crippen LogP contribution in [0.3, 0.4) is 0 Å². The average molecular weight is 337 g/mol. The Morgan fingerprint density at radius 2 is 2.22 bits per heavy atom. The molecule has 1 heterocycles. The molecular formula is C10H13BrN2O4S. The van der Waals surface area contributed by atoms with Crippen molar-refractivity contribution in [3.63, 3.8) is 0 Å². The number of carbonyl (C=O) groups is 1. The molecule has 1 aromatic rings. The summed E-state index contributed by atoms with van der Waals surface area (Å²) in [7, 11) is -3.79. The SMILES string of the molecule is CCOC(=O)CS(=O)(=O)Nc1cc(C)c(Br)cn1. The van der Waals surface area contributed by atoms with Crippen LogP contribution in [0.4, 0.5) is 5.82 Å². The molecule has 0 amide bonds. The highest BCUT2D eigenvalue weighted by molar-refractivity contribution is 9.10. The molecule has 6 nitrogen and oxygen atoms in total. The molecule has 0 fully saturated rings. The zero-order chi connectivity index (χ0) is 13.8. The van der Waals surface area contributed by atoms with Crippen molar-refractivity contribution in [2.45, 2.75) is 13.8 Å². The summed E-state index contributed by atoms with van der Waals surface area (Å²) in [6, 6.07) is 1.56. The molecule has 8 heteroatoms. The highest BCUT2D eigenvalue weighted by atomic mass is 79.9. The van der Waals surface area contributed by atoms with Crippen molar-refractivity contribution in [1.82, 2.24) is 4.98 Å². The lowest BCUT2D eigenvalue weighted by Crippen LogP contribution is -2.24. The summed E-state index contributed by atoms with van der Waals surface area (Å²) in [4.78, 5) is 15.0. The molecule has 0 aliphatic rings. The molecule has 0 atom stereocenters. The van der Waals surface area contributed by atoms with Gasteiger partial charge in [0.05, 0.1) is 6.61 Å². The Morgan fingerprint density at radius 1 is 1.56 bits per heavy atom. The largest absolute Gasteiger partial charge is 0.465 e. The minimum atomic E-state index is -3.79. The number of ether oxygens (including phenoxy) is 1. The second-order valence-electron chi connectivity index (χ2n) is 3.48. The number of rotatable bonds is 5. The number of aryl methyl sites for hydroxylation is 1. The molecule has 0 bridgehead atoms. The first-order valence-corrected chi connectivity index (χ1v) is 7.57. The first kappa shape index (κ1) is 14.9. The molecule has 0 radical (unpaired) electrons. The lowest BCUT2D eigenvalue weighted by atomic mass is 10.3. The summed E-state index contributed by atoms with van der Waals surface area (Å²) < 4.78 is 30.8. The predicted molar refractivity (Wildman–Crippen MR) is 70.7 cm³/mol. The van der Waals surface area contributed by atoms with E-state index in [9.17, 15) is 13.2 Å². The molecule has 0 aromatic carbocycles. The number of anilines is 1. The lowest BCUT2D eigenvalue weighted by Gasteiger charge is -2.07. The minimum absolute atomic E-state index is 0.143. The molecule has 0 unspecified atom stereocenters. The summed E-state index contributed by atoms with van der Waals surface area (Å²) in [5, 5.41) is 0. The van der Waals surface area contributed by atoms with Gasteiger partial charge in [0, 0.05) is 10.7 Å². The van der Waals surface area contributed by atoms with Crippen molar-refractivity contribution in [1.29, 1.82) is 0 Å². The highest BCUT2D eigenvalue weighted by Gasteiger charge is 2.18. The van der Waals surface area contributed by atoms with Gasteiger partial charge in [-0.25, -0.2) is 13.4 Å². The van der Waals surface area contributed by atoms with Gasteiger partial charge in [-0.3, -0.25) is 9.52 Å². The van der Waals surface area contributed by atoms with Crippen LogP contribution in [-0.4, -0.2) is 31.7 Å². The number of hydrogen-bond donors (Lipinski definition) is 1. The van der Waals surface area contributed by atoms with Gasteiger partial charge in [-0.1, -0.05) is 0 Å². The van der Waals surface area contributed by atoms with E-state index < -0.39 is 21.7 Å². The molecule has 0 spiro atoms. The van der Waals surface area contributed by atoms with Crippen LogP contribution >= 0.6 is 15.9 Å². The Balaban J connectivity index is 2.76. The van der Waals surface area contributed by atoms with Crippen molar-refractivity contribution in [3.05, 3.63) is 22.3 Å². The van der Waals surface area contributed by atoms with E-state index in [2.05, 4.69) is 30.4 Å². The topological polar surface area (TPSA) is 85.4 Å². The van der Waals surface area contributed by atoms with Crippen LogP contribution in [0.15, 0.2) is 16.7 Å². The van der Waals surface area contributed by atoms with Crippen molar-refractivity contribution >= 4 is 37.7 Å². The molecular weight excluding hydrogens is 324 g/mol. The summed E-state index contributed by atoms with van der Waals surface area (Å²) in [5.74, 6) is -1.35. The molecule has 1 aromatic heterocycles. The van der Waals surface area contributed by atoms with E-state index in [-0.39, 0.29) is 12.4 Å². The van der Waals surface area contributed by atoms with Crippen molar-refractivity contribution in [3.8, 4) is 0 Å². The van der Waals surface area contributed by atoms with Crippen LogP contribution in [-0.2, 0) is 19.6 Å². The predicted octanol–water partition coefficient (Wildman–Crippen LogP) is 1.46. The lowest BCUT2D eigenvalue weighted by molar-refractivity contribution is -0.139. The van der Waals surface area contributed by atoms with Crippen LogP contribution in [0.2, 0.25) is 0 Å². The summed E-state index contributed by atoms with van der Waals surface area (Å²) in [6.45, 7) is 3.55. The van der Waals surface area contributed by atoms with Gasteiger partial charge in [0.25, 0.3) is 0 Å². The van der Waals surface area contributed by atoms with Gasteiger partial charge < -0.3 is 4.74 Å². The number of hydrogen-bond acceptors (Lipinski definition) is 5. The second-order valence-corrected chi connectivity index (χ2v) is 6.06. The maximum Gasteiger partial charge on any atom is 0.323 e. The fourth-order valence-corrected chi connectivity index (χ4v) is 2.26. The summed E-state index contributed by atoms with van der Waals surface area (Å²) in [5.41, 5.74) is 0.832. The van der Waals surface area contributed by atoms with Crippen LogP contribution in [0.1, 0.15) is 12.5 Å². The zero-order valence-corrected chi connectivity index (χ0v) is 12.3. The number of esters is 1. The second kappa shape index (κ2) is 6.14. The van der Waals surface area contributed by atoms with Gasteiger partial charge in [0.15, 0.2) is 5.75 Å². The fraction of sp³-hybridized carbons (Fsp3) is 0.400. The number of halogens is 1. The van der Waals surface area contributed by atoms with Gasteiger partial charge in [0.2, 0.25) is 10.0 Å². The monoisotopic (exact) mass is 336 g/mol. The molecule has 0 aliphatic heterocycles. The van der Waals surface area contributed by atoms with Gasteiger partial charge in [0.1, 0.15) is 5.82 Å². The number of nitrogens with one attached hydrogen (secondary N) is 1. The number of nitrogens with zero attached hydrogens (tertiary/aromatic N) is 1. The maximum atomic E-state index is 11.6. The summed E-state index contributed by atoms with van der Waals surface area (Å²) in [6.07, 6.45) is 1.48. The number of sulfonamides is 1. The van der Waals surface area contributed by atoms with E-state index in [0.29, 0.717) is 0 Å². The van der Waals surface area contributed by atoms with Gasteiger partial charge in [-0.2, -0.15) is 0 Å². The molecule has 1 rings (SSSR count). The minimum Gasteiger partial charge on any atom is -0.465 e. The average Bonchev–Trinajstić information content (AvgIpc) is 2.22. The quantitative estimate of drug-likeness (QED) is 0.822. The fourth-order valence-electron chi connectivity index (χ4n) is 1.15. The molecule has 0 aliphatic carbocycles. The van der Waals surface area contributed by atoms with Crippen molar-refractivity contribution in [2.75, 3.05) is 17.1 Å². The van der Waals surface area contributed by atoms with E-state index in [0.717, 1.165) is 10.0 Å². The Morgan fingerprint density at radius 3 is 2.78 bits per heavy atom. The standard InChI is InChI=1S/C10H13BrN2O4S/c1-3-17-10(14)6-18(15,16)13-9-4-7(2)8(11)5-12-9/h4-5H,3,6H2,1-2H3,(H,12,13). The third-order valence-electron chi connectivity index (χ3n) is 1.92. The maximum absolute atomic E-state index is 11.6. The molecule has 1 N–H and O–H groups in total. The molecule has 0 saturated heterocycles. The van der Waals surface area contributed by atoms with E-state index in [4.69, 9.17) is 0 Å². The molecule has 0 saturated carbocycles. The first-order valence-electron chi connectivity index (χ1n) is 5.12. The Kier molecular flexibility index (Phi) is 5.09. The van der Waals surface area contributed by atoms with Crippen molar-refractivity contribution in [2.24, 2.45) is 0 Å². The van der Waals surface area contributed by atoms with Crippen molar-refractivity contribution < 1.29 is 17.9 Å². The van der Waals surface area contributed by atoms with E-state index in [1.807, 2.05) is 0 Å². The third-order valence-corrected chi connectivity index (χ3v) is 3.89. The first-order chi connectivity index (χ1) is 8.34. The Labute approximate surface area is 114 Å². The van der Waals surface area contributed by atoms with Crippen LogP contribution in [0, 0.1) is 6.92 Å². The van der Waals surface area contributed by atoms with Gasteiger partial charge in [-0.05, 0) is 41.4 Å². The molecule has 100 valence electrons. The van der Waals surface area contributed by atoms with Gasteiger partial charge >= 0.3 is 5.97 Å². The third kappa shape index (κ3) is 4.61. The zero-order valence-electron chi connectivity index (χ0n) is 9.94. The smallest absolute Gasteiger partial charge is 0.323 e. The normalized spacial score (nSPS) is 11.1. The van der Waals surface area contributed by atoms with Crippen LogP contribution in [0.25, 0.3) is 0 Å². The molecule has 18 heavy (non-hydrogen) atoms. The van der Waals surface area contributed by atoms with E-state index >= 15 is 0 Å². The summed E-state index contributed by atoms with van der Waals surface area (Å²) >= 11 is 3.26. The van der Waals surface area contributed by atoms with Gasteiger partial charge in [-0.15, -0.1) is 0 Å². The Hall–Kier alpha value is -1.15. The number of carbonyl (C=O) groups excluding carboxylic acids is 1. The van der Waals surface area contributed by atoms with E-state index in [1.54, 1.807) is 19.9 Å². The number of pyridine rings is 1. The Bertz CT molecular complexity index is 545. The number of aromatic nitrogens is 1.